The van der Waals surface area contributed by atoms with Crippen LogP contribution in [-0.4, -0.2) is 30.1 Å². The van der Waals surface area contributed by atoms with Gasteiger partial charge in [-0.05, 0) is 62.8 Å². The van der Waals surface area contributed by atoms with Crippen LogP contribution in [0.5, 0.6) is 0 Å². The van der Waals surface area contributed by atoms with Crippen molar-refractivity contribution in [2.45, 2.75) is 92.2 Å². The first-order chi connectivity index (χ1) is 9.79. The molecule has 0 bridgehead atoms. The summed E-state index contributed by atoms with van der Waals surface area (Å²) < 4.78 is 0. The van der Waals surface area contributed by atoms with Crippen molar-refractivity contribution in [3.8, 4) is 0 Å². The number of hydrogen-bond donors (Lipinski definition) is 1. The van der Waals surface area contributed by atoms with Gasteiger partial charge in [-0.2, -0.15) is 0 Å². The van der Waals surface area contributed by atoms with Crippen molar-refractivity contribution in [3.63, 3.8) is 0 Å². The molecule has 4 atom stereocenters. The average Bonchev–Trinajstić information content (AvgIpc) is 2.43. The first-order valence-electron chi connectivity index (χ1n) is 9.29. The minimum Gasteiger partial charge on any atom is -0.327 e. The lowest BCUT2D eigenvalue weighted by Crippen LogP contribution is -2.47. The Kier molecular flexibility index (Phi) is 7.70. The highest BCUT2D eigenvalue weighted by molar-refractivity contribution is 4.89. The Hall–Kier alpha value is -0.0800. The van der Waals surface area contributed by atoms with Gasteiger partial charge in [0, 0.05) is 18.6 Å². The summed E-state index contributed by atoms with van der Waals surface area (Å²) in [6.45, 7) is 16.6. The smallest absolute Gasteiger partial charge is 0.00795 e. The van der Waals surface area contributed by atoms with Crippen LogP contribution >= 0.6 is 0 Å². The fourth-order valence-electron chi connectivity index (χ4n) is 3.70. The lowest BCUT2D eigenvalue weighted by Gasteiger charge is -2.43. The maximum absolute atomic E-state index is 6.48. The largest absolute Gasteiger partial charge is 0.327 e. The van der Waals surface area contributed by atoms with Crippen LogP contribution in [0.1, 0.15) is 80.1 Å². The van der Waals surface area contributed by atoms with Crippen LogP contribution in [-0.2, 0) is 0 Å². The molecular weight excluding hydrogens is 256 g/mol. The second-order valence-corrected chi connectivity index (χ2v) is 8.41. The van der Waals surface area contributed by atoms with E-state index in [0.717, 1.165) is 5.92 Å². The van der Waals surface area contributed by atoms with Gasteiger partial charge in [-0.1, -0.05) is 41.0 Å². The second kappa shape index (κ2) is 8.53. The molecule has 0 aliphatic heterocycles. The van der Waals surface area contributed by atoms with Gasteiger partial charge in [-0.25, -0.2) is 0 Å². The van der Waals surface area contributed by atoms with Crippen LogP contribution in [0.2, 0.25) is 0 Å². The standard InChI is InChI=1S/C19H40N2/c1-7-9-12-21(15(3)8-2)14-16-13-17(19(4,5)6)10-11-18(16)20/h15-18H,7-14,20H2,1-6H3. The van der Waals surface area contributed by atoms with Crippen molar-refractivity contribution in [1.29, 1.82) is 0 Å². The zero-order valence-electron chi connectivity index (χ0n) is 15.5. The van der Waals surface area contributed by atoms with Crippen molar-refractivity contribution in [3.05, 3.63) is 0 Å². The van der Waals surface area contributed by atoms with Gasteiger partial charge in [0.2, 0.25) is 0 Å². The fourth-order valence-corrected chi connectivity index (χ4v) is 3.70. The Morgan fingerprint density at radius 3 is 2.38 bits per heavy atom. The van der Waals surface area contributed by atoms with Gasteiger partial charge in [0.25, 0.3) is 0 Å². The Balaban J connectivity index is 2.66. The van der Waals surface area contributed by atoms with Crippen molar-refractivity contribution in [2.75, 3.05) is 13.1 Å². The zero-order chi connectivity index (χ0) is 16.0. The van der Waals surface area contributed by atoms with E-state index in [-0.39, 0.29) is 0 Å². The molecule has 1 aliphatic carbocycles. The highest BCUT2D eigenvalue weighted by Gasteiger charge is 2.35. The molecule has 1 fully saturated rings. The van der Waals surface area contributed by atoms with Gasteiger partial charge in [0.15, 0.2) is 0 Å². The third-order valence-corrected chi connectivity index (χ3v) is 5.75. The Bertz CT molecular complexity index is 282. The summed E-state index contributed by atoms with van der Waals surface area (Å²) in [5.74, 6) is 1.53. The van der Waals surface area contributed by atoms with Crippen molar-refractivity contribution >= 4 is 0 Å². The van der Waals surface area contributed by atoms with Crippen LogP contribution in [0.15, 0.2) is 0 Å². The van der Waals surface area contributed by atoms with Crippen molar-refractivity contribution in [2.24, 2.45) is 23.0 Å². The fraction of sp³-hybridized carbons (Fsp3) is 1.00. The predicted molar refractivity (Wildman–Crippen MR) is 94.5 cm³/mol. The molecule has 21 heavy (non-hydrogen) atoms. The van der Waals surface area contributed by atoms with Crippen LogP contribution in [0.4, 0.5) is 0 Å². The second-order valence-electron chi connectivity index (χ2n) is 8.41. The SMILES string of the molecule is CCCCN(CC1CC(C(C)(C)C)CCC1N)C(C)CC. The topological polar surface area (TPSA) is 29.3 Å². The van der Waals surface area contributed by atoms with E-state index in [9.17, 15) is 0 Å². The van der Waals surface area contributed by atoms with Crippen LogP contribution < -0.4 is 5.73 Å². The van der Waals surface area contributed by atoms with Gasteiger partial charge in [0.05, 0.1) is 0 Å². The number of rotatable bonds is 7. The first-order valence-corrected chi connectivity index (χ1v) is 9.29. The summed E-state index contributed by atoms with van der Waals surface area (Å²) in [6, 6.07) is 1.11. The summed E-state index contributed by atoms with van der Waals surface area (Å²) in [5, 5.41) is 0. The van der Waals surface area contributed by atoms with E-state index in [1.165, 1.54) is 51.6 Å². The van der Waals surface area contributed by atoms with Gasteiger partial charge >= 0.3 is 0 Å². The van der Waals surface area contributed by atoms with Crippen LogP contribution in [0, 0.1) is 17.3 Å². The maximum atomic E-state index is 6.48. The molecule has 0 heterocycles. The molecule has 0 saturated heterocycles. The lowest BCUT2D eigenvalue weighted by molar-refractivity contribution is 0.0845. The first kappa shape index (κ1) is 19.0. The molecule has 0 aromatic rings. The van der Waals surface area contributed by atoms with Gasteiger partial charge in [-0.15, -0.1) is 0 Å². The Labute approximate surface area is 133 Å². The molecule has 1 rings (SSSR count). The van der Waals surface area contributed by atoms with Crippen LogP contribution in [0.25, 0.3) is 0 Å². The van der Waals surface area contributed by atoms with E-state index < -0.39 is 0 Å². The van der Waals surface area contributed by atoms with E-state index >= 15 is 0 Å². The molecule has 0 radical (unpaired) electrons. The normalized spacial score (nSPS) is 28.9. The number of unbranched alkanes of at least 4 members (excludes halogenated alkanes) is 1. The number of nitrogens with two attached hydrogens (primary N) is 1. The van der Waals surface area contributed by atoms with Gasteiger partial charge in [-0.3, -0.25) is 0 Å². The third-order valence-electron chi connectivity index (χ3n) is 5.75. The molecule has 126 valence electrons. The maximum Gasteiger partial charge on any atom is 0.00795 e. The molecule has 0 spiro atoms. The predicted octanol–water partition coefficient (Wildman–Crippen LogP) is 4.68. The molecule has 4 unspecified atom stereocenters. The Morgan fingerprint density at radius 2 is 1.86 bits per heavy atom. The molecule has 2 nitrogen and oxygen atoms in total. The van der Waals surface area contributed by atoms with E-state index in [4.69, 9.17) is 5.73 Å². The van der Waals surface area contributed by atoms with E-state index in [0.29, 0.717) is 23.4 Å². The molecular formula is C19H40N2. The average molecular weight is 297 g/mol. The molecule has 0 aromatic heterocycles. The quantitative estimate of drug-likeness (QED) is 0.739. The van der Waals surface area contributed by atoms with E-state index in [1.807, 2.05) is 0 Å². The number of hydrogen-bond acceptors (Lipinski definition) is 2. The van der Waals surface area contributed by atoms with Crippen LogP contribution in [0.3, 0.4) is 0 Å². The molecule has 1 saturated carbocycles. The van der Waals surface area contributed by atoms with Gasteiger partial charge < -0.3 is 10.6 Å². The molecule has 2 N–H and O–H groups in total. The van der Waals surface area contributed by atoms with Gasteiger partial charge in [0.1, 0.15) is 0 Å². The number of nitrogens with zero attached hydrogens (tertiary/aromatic N) is 1. The molecule has 0 aromatic carbocycles. The summed E-state index contributed by atoms with van der Waals surface area (Å²) >= 11 is 0. The highest BCUT2D eigenvalue weighted by atomic mass is 15.1. The Morgan fingerprint density at radius 1 is 1.19 bits per heavy atom. The summed E-state index contributed by atoms with van der Waals surface area (Å²) in [4.78, 5) is 2.71. The molecule has 2 heteroatoms. The van der Waals surface area contributed by atoms with E-state index in [2.05, 4.69) is 46.4 Å². The van der Waals surface area contributed by atoms with Crippen molar-refractivity contribution in [1.82, 2.24) is 4.90 Å². The lowest BCUT2D eigenvalue weighted by atomic mass is 9.67. The van der Waals surface area contributed by atoms with Crippen molar-refractivity contribution < 1.29 is 0 Å². The monoisotopic (exact) mass is 296 g/mol. The molecule has 0 amide bonds. The third kappa shape index (κ3) is 5.90. The molecule has 1 aliphatic rings. The minimum absolute atomic E-state index is 0.414. The summed E-state index contributed by atoms with van der Waals surface area (Å²) in [5.41, 5.74) is 6.91. The van der Waals surface area contributed by atoms with E-state index in [1.54, 1.807) is 0 Å². The summed E-state index contributed by atoms with van der Waals surface area (Å²) in [6.07, 6.45) is 7.70. The minimum atomic E-state index is 0.414. The zero-order valence-corrected chi connectivity index (χ0v) is 15.5. The summed E-state index contributed by atoms with van der Waals surface area (Å²) in [7, 11) is 0. The highest BCUT2D eigenvalue weighted by Crippen LogP contribution is 2.40.